The Morgan fingerprint density at radius 3 is 2.73 bits per heavy atom. The summed E-state index contributed by atoms with van der Waals surface area (Å²) in [7, 11) is 0. The van der Waals surface area contributed by atoms with Crippen LogP contribution in [0.3, 0.4) is 0 Å². The predicted molar refractivity (Wildman–Crippen MR) is 172 cm³/mol. The van der Waals surface area contributed by atoms with Crippen molar-refractivity contribution < 1.29 is 24.1 Å². The van der Waals surface area contributed by atoms with E-state index < -0.39 is 11.9 Å². The van der Waals surface area contributed by atoms with Gasteiger partial charge in [0.2, 0.25) is 0 Å². The van der Waals surface area contributed by atoms with E-state index in [1.165, 1.54) is 16.7 Å². The number of aliphatic carboxylic acids is 1. The Morgan fingerprint density at radius 1 is 1.11 bits per heavy atom. The third-order valence-electron chi connectivity index (χ3n) is 9.30. The second-order valence-electron chi connectivity index (χ2n) is 12.1. The first-order valence-electron chi connectivity index (χ1n) is 15.8. The largest absolute Gasteiger partial charge is 0.487 e. The quantitative estimate of drug-likeness (QED) is 0.306. The summed E-state index contributed by atoms with van der Waals surface area (Å²) < 4.78 is 17.8. The molecule has 8 nitrogen and oxygen atoms in total. The van der Waals surface area contributed by atoms with Crippen LogP contribution in [0.15, 0.2) is 48.5 Å². The van der Waals surface area contributed by atoms with Crippen LogP contribution in [0.5, 0.6) is 5.75 Å². The molecule has 1 aromatic heterocycles. The number of anilines is 1. The molecule has 3 aliphatic rings. The van der Waals surface area contributed by atoms with Gasteiger partial charge < -0.3 is 24.2 Å². The van der Waals surface area contributed by atoms with Gasteiger partial charge in [-0.15, -0.1) is 0 Å². The van der Waals surface area contributed by atoms with Crippen molar-refractivity contribution in [2.45, 2.75) is 64.8 Å². The lowest BCUT2D eigenvalue weighted by atomic mass is 9.91. The minimum absolute atomic E-state index is 0.383. The Kier molecular flexibility index (Phi) is 9.71. The topological polar surface area (TPSA) is 84.4 Å². The fourth-order valence-corrected chi connectivity index (χ4v) is 7.19. The Bertz CT molecular complexity index is 1480. The summed E-state index contributed by atoms with van der Waals surface area (Å²) in [5, 5.41) is 10.2. The standard InChI is InChI=1S/C35H42ClN3O5/c1-3-43-32-21-39(15-11-28(32)35(40)41)33-9-5-8-31(37-33)27-6-4-7-30(36)34(27)44-22-24-18-23(2)29-20-38(14-10-25(29)19-24)26-12-16-42-17-13-26/h4-9,18-19,26,28,32H,3,10-17,20-22H2,1-2H3,(H,40,41)/t28-,32+/m1/s1. The van der Waals surface area contributed by atoms with Gasteiger partial charge in [-0.3, -0.25) is 9.69 Å². The first kappa shape index (κ1) is 30.8. The van der Waals surface area contributed by atoms with Crippen molar-refractivity contribution in [2.24, 2.45) is 5.92 Å². The molecule has 2 fully saturated rings. The molecular formula is C35H42ClN3O5. The van der Waals surface area contributed by atoms with Crippen molar-refractivity contribution in [3.05, 3.63) is 75.8 Å². The molecule has 44 heavy (non-hydrogen) atoms. The number of para-hydroxylation sites is 1. The molecule has 0 bridgehead atoms. The molecule has 6 rings (SSSR count). The number of halogens is 1. The highest BCUT2D eigenvalue weighted by Crippen LogP contribution is 2.37. The third-order valence-corrected chi connectivity index (χ3v) is 9.60. The van der Waals surface area contributed by atoms with Crippen molar-refractivity contribution in [2.75, 3.05) is 44.4 Å². The number of pyridine rings is 1. The number of rotatable bonds is 9. The Labute approximate surface area is 264 Å². The van der Waals surface area contributed by atoms with E-state index in [-0.39, 0.29) is 6.10 Å². The maximum atomic E-state index is 11.8. The van der Waals surface area contributed by atoms with Gasteiger partial charge in [0.25, 0.3) is 0 Å². The molecule has 0 unspecified atom stereocenters. The molecule has 3 aliphatic heterocycles. The van der Waals surface area contributed by atoms with Crippen LogP contribution in [0.1, 0.15) is 48.4 Å². The summed E-state index contributed by atoms with van der Waals surface area (Å²) in [5.41, 5.74) is 6.88. The summed E-state index contributed by atoms with van der Waals surface area (Å²) in [6.45, 7) is 9.88. The SMILES string of the molecule is CCO[C@H]1CN(c2cccc(-c3cccc(Cl)c3OCc3cc(C)c4c(c3)CCN(C3CCOCC3)C4)n2)CC[C@H]1C(=O)O. The summed E-state index contributed by atoms with van der Waals surface area (Å²) in [4.78, 5) is 21.5. The van der Waals surface area contributed by atoms with Crippen LogP contribution in [-0.2, 0) is 33.8 Å². The van der Waals surface area contributed by atoms with Crippen LogP contribution in [0, 0.1) is 12.8 Å². The van der Waals surface area contributed by atoms with Gasteiger partial charge in [0.1, 0.15) is 18.2 Å². The molecule has 2 saturated heterocycles. The van der Waals surface area contributed by atoms with E-state index in [9.17, 15) is 9.90 Å². The van der Waals surface area contributed by atoms with Gasteiger partial charge in [-0.25, -0.2) is 4.98 Å². The van der Waals surface area contributed by atoms with E-state index in [0.717, 1.165) is 68.2 Å². The number of nitrogens with zero attached hydrogens (tertiary/aromatic N) is 3. The smallest absolute Gasteiger partial charge is 0.309 e. The Morgan fingerprint density at radius 2 is 1.93 bits per heavy atom. The zero-order valence-electron chi connectivity index (χ0n) is 25.6. The maximum absolute atomic E-state index is 11.8. The second-order valence-corrected chi connectivity index (χ2v) is 12.5. The molecule has 4 heterocycles. The van der Waals surface area contributed by atoms with Gasteiger partial charge in [0.15, 0.2) is 0 Å². The molecule has 234 valence electrons. The average molecular weight is 620 g/mol. The predicted octanol–water partition coefficient (Wildman–Crippen LogP) is 6.14. The first-order valence-corrected chi connectivity index (χ1v) is 16.2. The van der Waals surface area contributed by atoms with Crippen molar-refractivity contribution in [1.29, 1.82) is 0 Å². The zero-order chi connectivity index (χ0) is 30.6. The summed E-state index contributed by atoms with van der Waals surface area (Å²) in [5.74, 6) is 0.0656. The molecule has 0 spiro atoms. The van der Waals surface area contributed by atoms with E-state index in [2.05, 4.69) is 28.9 Å². The monoisotopic (exact) mass is 619 g/mol. The highest BCUT2D eigenvalue weighted by atomic mass is 35.5. The summed E-state index contributed by atoms with van der Waals surface area (Å²) in [6.07, 6.45) is 3.41. The normalized spacial score (nSPS) is 21.2. The number of carboxylic acids is 1. The van der Waals surface area contributed by atoms with Crippen molar-refractivity contribution in [1.82, 2.24) is 9.88 Å². The number of hydrogen-bond donors (Lipinski definition) is 1. The highest BCUT2D eigenvalue weighted by molar-refractivity contribution is 6.32. The zero-order valence-corrected chi connectivity index (χ0v) is 26.4. The number of piperidine rings is 1. The van der Waals surface area contributed by atoms with E-state index in [4.69, 9.17) is 30.8 Å². The number of aryl methyl sites for hydroxylation is 1. The number of carbonyl (C=O) groups is 1. The number of benzene rings is 2. The lowest BCUT2D eigenvalue weighted by Crippen LogP contribution is -2.48. The van der Waals surface area contributed by atoms with E-state index in [1.807, 2.05) is 43.3 Å². The van der Waals surface area contributed by atoms with Crippen LogP contribution >= 0.6 is 11.6 Å². The minimum Gasteiger partial charge on any atom is -0.487 e. The fraction of sp³-hybridized carbons (Fsp3) is 0.486. The van der Waals surface area contributed by atoms with Crippen molar-refractivity contribution in [3.63, 3.8) is 0 Å². The van der Waals surface area contributed by atoms with Gasteiger partial charge in [-0.2, -0.15) is 0 Å². The number of fused-ring (bicyclic) bond motifs is 1. The van der Waals surface area contributed by atoms with Gasteiger partial charge in [0.05, 0.1) is 22.7 Å². The van der Waals surface area contributed by atoms with Crippen LogP contribution in [0.4, 0.5) is 5.82 Å². The number of hydrogen-bond acceptors (Lipinski definition) is 7. The van der Waals surface area contributed by atoms with Crippen molar-refractivity contribution in [3.8, 4) is 17.0 Å². The molecule has 0 radical (unpaired) electrons. The maximum Gasteiger partial charge on any atom is 0.309 e. The number of ether oxygens (including phenoxy) is 3. The minimum atomic E-state index is -0.809. The highest BCUT2D eigenvalue weighted by Gasteiger charge is 2.35. The molecule has 0 amide bonds. The Hall–Kier alpha value is -3.17. The lowest BCUT2D eigenvalue weighted by molar-refractivity contribution is -0.148. The number of carboxylic acid groups (broad SMARTS) is 1. The van der Waals surface area contributed by atoms with Crippen LogP contribution in [0.2, 0.25) is 5.02 Å². The van der Waals surface area contributed by atoms with Crippen LogP contribution < -0.4 is 9.64 Å². The summed E-state index contributed by atoms with van der Waals surface area (Å²) in [6, 6.07) is 16.8. The van der Waals surface area contributed by atoms with E-state index in [0.29, 0.717) is 49.5 Å². The average Bonchev–Trinajstić information content (AvgIpc) is 3.04. The molecule has 2 atom stereocenters. The second kappa shape index (κ2) is 13.9. The number of aromatic nitrogens is 1. The summed E-state index contributed by atoms with van der Waals surface area (Å²) >= 11 is 6.72. The molecule has 9 heteroatoms. The van der Waals surface area contributed by atoms with E-state index >= 15 is 0 Å². The third kappa shape index (κ3) is 6.74. The molecule has 2 aromatic carbocycles. The first-order chi connectivity index (χ1) is 21.4. The Balaban J connectivity index is 1.18. The van der Waals surface area contributed by atoms with Crippen LogP contribution in [-0.4, -0.2) is 72.6 Å². The van der Waals surface area contributed by atoms with Gasteiger partial charge in [-0.05, 0) is 86.1 Å². The molecular weight excluding hydrogens is 578 g/mol. The molecule has 1 N–H and O–H groups in total. The lowest BCUT2D eigenvalue weighted by Gasteiger charge is -2.38. The van der Waals surface area contributed by atoms with Gasteiger partial charge in [0, 0.05) is 57.6 Å². The van der Waals surface area contributed by atoms with E-state index in [1.54, 1.807) is 0 Å². The molecule has 3 aromatic rings. The van der Waals surface area contributed by atoms with Gasteiger partial charge in [-0.1, -0.05) is 35.9 Å². The fourth-order valence-electron chi connectivity index (χ4n) is 6.96. The molecule has 0 saturated carbocycles. The van der Waals surface area contributed by atoms with Gasteiger partial charge >= 0.3 is 5.97 Å². The molecule has 0 aliphatic carbocycles. The van der Waals surface area contributed by atoms with Crippen LogP contribution in [0.25, 0.3) is 11.3 Å². The van der Waals surface area contributed by atoms with Crippen molar-refractivity contribution >= 4 is 23.4 Å².